The van der Waals surface area contributed by atoms with Gasteiger partial charge in [0.05, 0.1) is 14.2 Å². The predicted octanol–water partition coefficient (Wildman–Crippen LogP) is 2.58. The molecule has 1 unspecified atom stereocenters. The molecule has 0 fully saturated rings. The minimum atomic E-state index is -1.09. The van der Waals surface area contributed by atoms with Gasteiger partial charge in [-0.15, -0.1) is 0 Å². The summed E-state index contributed by atoms with van der Waals surface area (Å²) in [7, 11) is -1.09. The smallest absolute Gasteiger partial charge is 0.0717 e. The molecule has 1 N–H and O–H groups in total. The monoisotopic (exact) mass is 172 g/mol. The zero-order chi connectivity index (χ0) is 8.91. The molecule has 0 saturated heterocycles. The maximum Gasteiger partial charge on any atom is 0.0717 e. The number of aliphatic hydroxyl groups excluding tert-OH is 1. The summed E-state index contributed by atoms with van der Waals surface area (Å²) in [5.41, 5.74) is 2.20. The first-order chi connectivity index (χ1) is 4.95. The topological polar surface area (TPSA) is 20.2 Å². The van der Waals surface area contributed by atoms with E-state index in [1.165, 1.54) is 0 Å². The highest BCUT2D eigenvalue weighted by Crippen LogP contribution is 2.05. The lowest BCUT2D eigenvalue weighted by atomic mass is 10.2. The normalized spacial score (nSPS) is 15.7. The molecule has 0 aliphatic carbocycles. The standard InChI is InChI=1S/C9H20OSi/c1-5-6-9(10)7-8-11(2,3)4/h7-10H,5-6H2,1-4H3/b8-7-. The van der Waals surface area contributed by atoms with Gasteiger partial charge < -0.3 is 5.11 Å². The number of hydrogen-bond acceptors (Lipinski definition) is 1. The van der Waals surface area contributed by atoms with Crippen LogP contribution in [0.15, 0.2) is 11.8 Å². The Morgan fingerprint density at radius 2 is 1.91 bits per heavy atom. The summed E-state index contributed by atoms with van der Waals surface area (Å²) in [6.45, 7) is 8.89. The molecule has 0 aliphatic heterocycles. The van der Waals surface area contributed by atoms with E-state index in [2.05, 4.69) is 32.3 Å². The molecule has 1 nitrogen and oxygen atoms in total. The third-order valence-electron chi connectivity index (χ3n) is 1.40. The molecule has 0 saturated carbocycles. The summed E-state index contributed by atoms with van der Waals surface area (Å²) in [6, 6.07) is 0. The second-order valence-corrected chi connectivity index (χ2v) is 9.15. The van der Waals surface area contributed by atoms with Crippen LogP contribution in [0.25, 0.3) is 0 Å². The van der Waals surface area contributed by atoms with E-state index in [1.54, 1.807) is 0 Å². The molecule has 0 radical (unpaired) electrons. The van der Waals surface area contributed by atoms with Crippen molar-refractivity contribution in [2.24, 2.45) is 0 Å². The highest BCUT2D eigenvalue weighted by atomic mass is 28.3. The van der Waals surface area contributed by atoms with Crippen molar-refractivity contribution in [2.75, 3.05) is 0 Å². The molecule has 11 heavy (non-hydrogen) atoms. The highest BCUT2D eigenvalue weighted by molar-refractivity contribution is 6.80. The van der Waals surface area contributed by atoms with E-state index in [4.69, 9.17) is 0 Å². The van der Waals surface area contributed by atoms with Gasteiger partial charge in [-0.3, -0.25) is 0 Å². The van der Waals surface area contributed by atoms with E-state index in [1.807, 2.05) is 6.08 Å². The van der Waals surface area contributed by atoms with Crippen molar-refractivity contribution in [2.45, 2.75) is 45.5 Å². The molecule has 0 aliphatic rings. The van der Waals surface area contributed by atoms with Gasteiger partial charge in [0, 0.05) is 0 Å². The maximum absolute atomic E-state index is 9.35. The van der Waals surface area contributed by atoms with Crippen LogP contribution < -0.4 is 0 Å². The van der Waals surface area contributed by atoms with E-state index in [9.17, 15) is 5.11 Å². The Labute approximate surface area is 71.1 Å². The van der Waals surface area contributed by atoms with Crippen molar-refractivity contribution < 1.29 is 5.11 Å². The summed E-state index contributed by atoms with van der Waals surface area (Å²) in [5.74, 6) is 0. The van der Waals surface area contributed by atoms with Crippen LogP contribution in [0.4, 0.5) is 0 Å². The van der Waals surface area contributed by atoms with Crippen LogP contribution in [0, 0.1) is 0 Å². The average Bonchev–Trinajstić information content (AvgIpc) is 1.83. The first kappa shape index (κ1) is 10.9. The molecule has 0 amide bonds. The largest absolute Gasteiger partial charge is 0.389 e. The van der Waals surface area contributed by atoms with Gasteiger partial charge in [0.25, 0.3) is 0 Å². The third-order valence-corrected chi connectivity index (χ3v) is 2.60. The minimum absolute atomic E-state index is 0.216. The van der Waals surface area contributed by atoms with Crippen molar-refractivity contribution in [3.63, 3.8) is 0 Å². The van der Waals surface area contributed by atoms with Crippen molar-refractivity contribution in [3.8, 4) is 0 Å². The van der Waals surface area contributed by atoms with Crippen LogP contribution in [0.3, 0.4) is 0 Å². The van der Waals surface area contributed by atoms with Gasteiger partial charge in [-0.1, -0.05) is 44.8 Å². The summed E-state index contributed by atoms with van der Waals surface area (Å²) in [6.07, 6.45) is 3.68. The lowest BCUT2D eigenvalue weighted by Crippen LogP contribution is -2.17. The Morgan fingerprint density at radius 1 is 1.36 bits per heavy atom. The summed E-state index contributed by atoms with van der Waals surface area (Å²) < 4.78 is 0. The first-order valence-electron chi connectivity index (χ1n) is 4.33. The zero-order valence-corrected chi connectivity index (χ0v) is 9.09. The molecular weight excluding hydrogens is 152 g/mol. The zero-order valence-electron chi connectivity index (χ0n) is 8.09. The van der Waals surface area contributed by atoms with Crippen molar-refractivity contribution in [1.82, 2.24) is 0 Å². The van der Waals surface area contributed by atoms with Crippen LogP contribution in [0.2, 0.25) is 19.6 Å². The molecule has 0 aromatic rings. The fourth-order valence-electron chi connectivity index (χ4n) is 0.792. The first-order valence-corrected chi connectivity index (χ1v) is 7.91. The van der Waals surface area contributed by atoms with Gasteiger partial charge in [0.15, 0.2) is 0 Å². The van der Waals surface area contributed by atoms with Crippen molar-refractivity contribution in [1.29, 1.82) is 0 Å². The molecule has 66 valence electrons. The molecule has 0 rings (SSSR count). The maximum atomic E-state index is 9.35. The Balaban J connectivity index is 3.73. The highest BCUT2D eigenvalue weighted by Gasteiger charge is 2.07. The lowest BCUT2D eigenvalue weighted by Gasteiger charge is -2.10. The lowest BCUT2D eigenvalue weighted by molar-refractivity contribution is 0.212. The van der Waals surface area contributed by atoms with Crippen LogP contribution >= 0.6 is 0 Å². The fraction of sp³-hybridized carbons (Fsp3) is 0.778. The quantitative estimate of drug-likeness (QED) is 0.646. The van der Waals surface area contributed by atoms with Gasteiger partial charge in [-0.25, -0.2) is 0 Å². The Hall–Kier alpha value is -0.0831. The minimum Gasteiger partial charge on any atom is -0.389 e. The van der Waals surface area contributed by atoms with E-state index >= 15 is 0 Å². The molecule has 2 heteroatoms. The summed E-state index contributed by atoms with van der Waals surface area (Å²) in [4.78, 5) is 0. The predicted molar refractivity (Wildman–Crippen MR) is 53.4 cm³/mol. The van der Waals surface area contributed by atoms with Crippen LogP contribution in [0.5, 0.6) is 0 Å². The third kappa shape index (κ3) is 7.82. The molecule has 1 atom stereocenters. The fourth-order valence-corrected chi connectivity index (χ4v) is 1.59. The molecule has 0 aromatic carbocycles. The van der Waals surface area contributed by atoms with Crippen molar-refractivity contribution >= 4 is 8.07 Å². The SMILES string of the molecule is CCCC(O)/C=C\[Si](C)(C)C. The number of rotatable bonds is 4. The average molecular weight is 172 g/mol. The van der Waals surface area contributed by atoms with Gasteiger partial charge in [-0.2, -0.15) is 0 Å². The van der Waals surface area contributed by atoms with Crippen LogP contribution in [-0.4, -0.2) is 19.3 Å². The van der Waals surface area contributed by atoms with E-state index in [-0.39, 0.29) is 6.10 Å². The summed E-state index contributed by atoms with van der Waals surface area (Å²) in [5, 5.41) is 9.35. The molecule has 0 heterocycles. The summed E-state index contributed by atoms with van der Waals surface area (Å²) >= 11 is 0. The molecule has 0 aromatic heterocycles. The van der Waals surface area contributed by atoms with Gasteiger partial charge in [-0.05, 0) is 6.42 Å². The Morgan fingerprint density at radius 3 is 2.27 bits per heavy atom. The second-order valence-electron chi connectivity index (χ2n) is 4.08. The molecule has 0 bridgehead atoms. The number of hydrogen-bond donors (Lipinski definition) is 1. The van der Waals surface area contributed by atoms with E-state index < -0.39 is 8.07 Å². The number of aliphatic hydroxyl groups is 1. The Kier molecular flexibility index (Phi) is 4.69. The second kappa shape index (κ2) is 4.73. The van der Waals surface area contributed by atoms with Crippen LogP contribution in [0.1, 0.15) is 19.8 Å². The Bertz CT molecular complexity index is 124. The van der Waals surface area contributed by atoms with Crippen LogP contribution in [-0.2, 0) is 0 Å². The van der Waals surface area contributed by atoms with Gasteiger partial charge in [0.1, 0.15) is 0 Å². The molecule has 0 spiro atoms. The van der Waals surface area contributed by atoms with Gasteiger partial charge in [0.2, 0.25) is 0 Å². The van der Waals surface area contributed by atoms with Gasteiger partial charge >= 0.3 is 0 Å². The van der Waals surface area contributed by atoms with Crippen molar-refractivity contribution in [3.05, 3.63) is 11.8 Å². The van der Waals surface area contributed by atoms with E-state index in [0.29, 0.717) is 0 Å². The van der Waals surface area contributed by atoms with E-state index in [0.717, 1.165) is 12.8 Å². The molecular formula is C9H20OSi.